The van der Waals surface area contributed by atoms with Crippen LogP contribution in [0.15, 0.2) is 16.5 Å². The van der Waals surface area contributed by atoms with E-state index >= 15 is 0 Å². The van der Waals surface area contributed by atoms with Crippen molar-refractivity contribution in [1.82, 2.24) is 10.2 Å². The zero-order chi connectivity index (χ0) is 16.1. The van der Waals surface area contributed by atoms with Crippen LogP contribution >= 0.6 is 0 Å². The number of hydrogen-bond acceptors (Lipinski definition) is 6. The number of aliphatic carboxylic acids is 1. The maximum absolute atomic E-state index is 11.3. The predicted octanol–water partition coefficient (Wildman–Crippen LogP) is 1.09. The van der Waals surface area contributed by atoms with Crippen molar-refractivity contribution in [3.63, 3.8) is 0 Å². The van der Waals surface area contributed by atoms with E-state index in [-0.39, 0.29) is 12.3 Å². The molecule has 0 spiro atoms. The summed E-state index contributed by atoms with van der Waals surface area (Å²) in [6, 6.07) is 4.01. The quantitative estimate of drug-likeness (QED) is 0.694. The van der Waals surface area contributed by atoms with Gasteiger partial charge in [0, 0.05) is 12.1 Å². The van der Waals surface area contributed by atoms with Crippen molar-refractivity contribution in [1.29, 1.82) is 0 Å². The lowest BCUT2D eigenvalue weighted by Crippen LogP contribution is -2.53. The lowest BCUT2D eigenvalue weighted by Gasteiger charge is -2.42. The van der Waals surface area contributed by atoms with E-state index in [1.54, 1.807) is 12.1 Å². The molecule has 7 heteroatoms. The number of likely N-dealkylation sites (N-methyl/N-ethyl adjacent to an activating group) is 1. The molecule has 1 aromatic heterocycles. The number of rotatable bonds is 8. The van der Waals surface area contributed by atoms with Crippen molar-refractivity contribution < 1.29 is 23.8 Å². The first-order valence-electron chi connectivity index (χ1n) is 7.39. The van der Waals surface area contributed by atoms with Gasteiger partial charge in [0.05, 0.1) is 20.2 Å². The minimum absolute atomic E-state index is 0.0918. The zero-order valence-electron chi connectivity index (χ0n) is 12.9. The molecule has 1 aromatic rings. The Labute approximate surface area is 129 Å². The average Bonchev–Trinajstić information content (AvgIpc) is 2.91. The third-order valence-corrected chi connectivity index (χ3v) is 3.99. The van der Waals surface area contributed by atoms with E-state index in [2.05, 4.69) is 10.1 Å². The van der Waals surface area contributed by atoms with Gasteiger partial charge in [-0.2, -0.15) is 0 Å². The third kappa shape index (κ3) is 4.08. The first-order valence-corrected chi connectivity index (χ1v) is 7.39. The molecule has 2 rings (SSSR count). The lowest BCUT2D eigenvalue weighted by molar-refractivity contribution is -0.139. The normalized spacial score (nSPS) is 20.7. The maximum atomic E-state index is 11.3. The minimum atomic E-state index is -0.788. The Balaban J connectivity index is 1.73. The van der Waals surface area contributed by atoms with Gasteiger partial charge in [-0.1, -0.05) is 6.92 Å². The van der Waals surface area contributed by atoms with Gasteiger partial charge < -0.3 is 19.6 Å². The summed E-state index contributed by atoms with van der Waals surface area (Å²) >= 11 is 0. The van der Waals surface area contributed by atoms with Crippen molar-refractivity contribution in [2.45, 2.75) is 38.4 Å². The fraction of sp³-hybridized carbons (Fsp3) is 0.600. The lowest BCUT2D eigenvalue weighted by atomic mass is 9.85. The number of carbonyl (C=O) groups excluding carboxylic acids is 1. The predicted molar refractivity (Wildman–Crippen MR) is 78.6 cm³/mol. The average molecular weight is 310 g/mol. The monoisotopic (exact) mass is 310 g/mol. The largest absolute Gasteiger partial charge is 0.480 e. The van der Waals surface area contributed by atoms with Crippen LogP contribution < -0.4 is 5.32 Å². The fourth-order valence-electron chi connectivity index (χ4n) is 2.65. The first kappa shape index (κ1) is 16.5. The van der Waals surface area contributed by atoms with E-state index in [1.165, 1.54) is 7.11 Å². The molecule has 0 saturated heterocycles. The highest BCUT2D eigenvalue weighted by Crippen LogP contribution is 2.26. The molecule has 2 N–H and O–H groups in total. The number of methoxy groups -OCH3 is 1. The Kier molecular flexibility index (Phi) is 5.57. The standard InChI is InChI=1S/C15H22N2O5/c1-3-17(9-14(18)19)11-6-10(7-11)16-8-12-4-5-13(22-12)15(20)21-2/h4-5,10-11,16H,3,6-9H2,1-2H3,(H,18,19). The molecule has 1 heterocycles. The summed E-state index contributed by atoms with van der Waals surface area (Å²) in [7, 11) is 1.31. The van der Waals surface area contributed by atoms with E-state index in [1.807, 2.05) is 11.8 Å². The highest BCUT2D eigenvalue weighted by molar-refractivity contribution is 5.86. The summed E-state index contributed by atoms with van der Waals surface area (Å²) in [5, 5.41) is 12.2. The second-order valence-corrected chi connectivity index (χ2v) is 5.42. The van der Waals surface area contributed by atoms with Crippen LogP contribution in [0.1, 0.15) is 36.1 Å². The molecule has 1 aliphatic carbocycles. The van der Waals surface area contributed by atoms with Crippen molar-refractivity contribution in [2.75, 3.05) is 20.2 Å². The molecule has 1 saturated carbocycles. The topological polar surface area (TPSA) is 92.0 Å². The van der Waals surface area contributed by atoms with Crippen molar-refractivity contribution in [3.05, 3.63) is 23.7 Å². The van der Waals surface area contributed by atoms with Gasteiger partial charge in [0.15, 0.2) is 0 Å². The van der Waals surface area contributed by atoms with E-state index < -0.39 is 11.9 Å². The molecular formula is C15H22N2O5. The summed E-state index contributed by atoms with van der Waals surface area (Å²) in [6.45, 7) is 3.35. The molecule has 0 unspecified atom stereocenters. The van der Waals surface area contributed by atoms with Crippen LogP contribution in [-0.4, -0.2) is 54.2 Å². The number of carbonyl (C=O) groups is 2. The minimum Gasteiger partial charge on any atom is -0.480 e. The number of nitrogens with one attached hydrogen (secondary N) is 1. The number of hydrogen-bond donors (Lipinski definition) is 2. The van der Waals surface area contributed by atoms with Crippen molar-refractivity contribution >= 4 is 11.9 Å². The van der Waals surface area contributed by atoms with Crippen LogP contribution in [0.4, 0.5) is 0 Å². The van der Waals surface area contributed by atoms with Gasteiger partial charge >= 0.3 is 11.9 Å². The van der Waals surface area contributed by atoms with Crippen molar-refractivity contribution in [2.24, 2.45) is 0 Å². The number of furan rings is 1. The summed E-state index contributed by atoms with van der Waals surface area (Å²) in [5.74, 6) is -0.391. The number of carboxylic acid groups (broad SMARTS) is 1. The van der Waals surface area contributed by atoms with Gasteiger partial charge in [-0.15, -0.1) is 0 Å². The number of ether oxygens (including phenoxy) is 1. The second-order valence-electron chi connectivity index (χ2n) is 5.42. The highest BCUT2D eigenvalue weighted by Gasteiger charge is 2.33. The molecule has 1 aliphatic rings. The molecule has 122 valence electrons. The van der Waals surface area contributed by atoms with Crippen LogP contribution in [0.3, 0.4) is 0 Å². The Morgan fingerprint density at radius 2 is 2.18 bits per heavy atom. The Hall–Kier alpha value is -1.86. The summed E-state index contributed by atoms with van der Waals surface area (Å²) in [6.07, 6.45) is 1.84. The molecular weight excluding hydrogens is 288 g/mol. The van der Waals surface area contributed by atoms with Crippen LogP contribution in [-0.2, 0) is 16.1 Å². The van der Waals surface area contributed by atoms with E-state index in [4.69, 9.17) is 9.52 Å². The molecule has 0 bridgehead atoms. The highest BCUT2D eigenvalue weighted by atomic mass is 16.5. The Bertz CT molecular complexity index is 522. The maximum Gasteiger partial charge on any atom is 0.373 e. The van der Waals surface area contributed by atoms with Gasteiger partial charge in [0.2, 0.25) is 5.76 Å². The van der Waals surface area contributed by atoms with Gasteiger partial charge in [-0.25, -0.2) is 4.79 Å². The van der Waals surface area contributed by atoms with Gasteiger partial charge in [0.1, 0.15) is 5.76 Å². The van der Waals surface area contributed by atoms with Gasteiger partial charge in [-0.3, -0.25) is 9.69 Å². The number of esters is 1. The van der Waals surface area contributed by atoms with E-state index in [9.17, 15) is 9.59 Å². The zero-order valence-corrected chi connectivity index (χ0v) is 12.9. The smallest absolute Gasteiger partial charge is 0.373 e. The molecule has 0 radical (unpaired) electrons. The molecule has 0 aliphatic heterocycles. The summed E-state index contributed by atoms with van der Waals surface area (Å²) in [4.78, 5) is 24.0. The van der Waals surface area contributed by atoms with Crippen LogP contribution in [0.5, 0.6) is 0 Å². The van der Waals surface area contributed by atoms with Gasteiger partial charge in [-0.05, 0) is 31.5 Å². The number of carboxylic acids is 1. The summed E-state index contributed by atoms with van der Waals surface area (Å²) in [5.41, 5.74) is 0. The molecule has 22 heavy (non-hydrogen) atoms. The van der Waals surface area contributed by atoms with Crippen LogP contribution in [0, 0.1) is 0 Å². The third-order valence-electron chi connectivity index (χ3n) is 3.99. The molecule has 0 amide bonds. The number of nitrogens with zero attached hydrogens (tertiary/aromatic N) is 1. The fourth-order valence-corrected chi connectivity index (χ4v) is 2.65. The van der Waals surface area contributed by atoms with Crippen LogP contribution in [0.2, 0.25) is 0 Å². The Morgan fingerprint density at radius 1 is 1.45 bits per heavy atom. The molecule has 0 aromatic carbocycles. The Morgan fingerprint density at radius 3 is 2.77 bits per heavy atom. The molecule has 1 fully saturated rings. The van der Waals surface area contributed by atoms with Crippen LogP contribution in [0.25, 0.3) is 0 Å². The van der Waals surface area contributed by atoms with Crippen molar-refractivity contribution in [3.8, 4) is 0 Å². The molecule has 7 nitrogen and oxygen atoms in total. The molecule has 0 atom stereocenters. The second kappa shape index (κ2) is 7.42. The van der Waals surface area contributed by atoms with Gasteiger partial charge in [0.25, 0.3) is 0 Å². The first-order chi connectivity index (χ1) is 10.5. The van der Waals surface area contributed by atoms with E-state index in [0.717, 1.165) is 19.4 Å². The van der Waals surface area contributed by atoms with E-state index in [0.29, 0.717) is 24.4 Å². The SMILES string of the molecule is CCN(CC(=O)O)C1CC(NCc2ccc(C(=O)OC)o2)C1. The summed E-state index contributed by atoms with van der Waals surface area (Å²) < 4.78 is 9.96.